The summed E-state index contributed by atoms with van der Waals surface area (Å²) < 4.78 is 0. The predicted octanol–water partition coefficient (Wildman–Crippen LogP) is 2.05. The lowest BCUT2D eigenvalue weighted by Crippen LogP contribution is -2.33. The van der Waals surface area contributed by atoms with E-state index in [1.807, 2.05) is 11.8 Å². The van der Waals surface area contributed by atoms with Gasteiger partial charge < -0.3 is 10.2 Å². The van der Waals surface area contributed by atoms with Gasteiger partial charge in [0.05, 0.1) is 6.54 Å². The van der Waals surface area contributed by atoms with E-state index < -0.39 is 0 Å². The Morgan fingerprint density at radius 1 is 1.44 bits per heavy atom. The number of aliphatic imine (C=N–C) groups is 1. The predicted molar refractivity (Wildman–Crippen MR) is 74.3 cm³/mol. The fourth-order valence-corrected chi connectivity index (χ4v) is 2.74. The van der Waals surface area contributed by atoms with Crippen LogP contribution in [0.15, 0.2) is 4.99 Å². The molecular weight excluding hydrogens is 218 g/mol. The summed E-state index contributed by atoms with van der Waals surface area (Å²) in [5.41, 5.74) is 0. The van der Waals surface area contributed by atoms with Crippen molar-refractivity contribution in [1.82, 2.24) is 10.2 Å². The van der Waals surface area contributed by atoms with Crippen LogP contribution in [0, 0.1) is 5.92 Å². The molecule has 1 N–H and O–H groups in total. The second kappa shape index (κ2) is 7.17. The summed E-state index contributed by atoms with van der Waals surface area (Å²) in [7, 11) is 0. The summed E-state index contributed by atoms with van der Waals surface area (Å²) >= 11 is 1.91. The van der Waals surface area contributed by atoms with Crippen LogP contribution in [-0.2, 0) is 0 Å². The minimum atomic E-state index is 0.677. The fraction of sp³-hybridized carbons (Fsp3) is 0.917. The Bertz CT molecular complexity index is 224. The molecule has 0 spiro atoms. The van der Waals surface area contributed by atoms with Gasteiger partial charge in [-0.1, -0.05) is 39.5 Å². The summed E-state index contributed by atoms with van der Waals surface area (Å²) in [6, 6.07) is 0. The summed E-state index contributed by atoms with van der Waals surface area (Å²) in [6.07, 6.45) is 0. The van der Waals surface area contributed by atoms with Gasteiger partial charge in [-0.15, -0.1) is 0 Å². The Labute approximate surface area is 104 Å². The van der Waals surface area contributed by atoms with E-state index in [2.05, 4.69) is 42.9 Å². The average Bonchev–Trinajstić information content (AvgIpc) is 2.73. The normalized spacial score (nSPS) is 20.6. The molecule has 0 radical (unpaired) electrons. The first kappa shape index (κ1) is 13.8. The van der Waals surface area contributed by atoms with Gasteiger partial charge in [-0.3, -0.25) is 4.99 Å². The highest BCUT2D eigenvalue weighted by Gasteiger charge is 2.21. The van der Waals surface area contributed by atoms with Crippen molar-refractivity contribution in [3.05, 3.63) is 0 Å². The van der Waals surface area contributed by atoms with E-state index >= 15 is 0 Å². The van der Waals surface area contributed by atoms with Crippen LogP contribution in [-0.4, -0.2) is 48.0 Å². The maximum Gasteiger partial charge on any atom is 0.156 e. The number of rotatable bonds is 6. The van der Waals surface area contributed by atoms with Crippen LogP contribution in [0.5, 0.6) is 0 Å². The second-order valence-corrected chi connectivity index (χ2v) is 5.73. The van der Waals surface area contributed by atoms with Crippen molar-refractivity contribution < 1.29 is 0 Å². The van der Waals surface area contributed by atoms with Crippen LogP contribution < -0.4 is 5.32 Å². The van der Waals surface area contributed by atoms with E-state index in [1.165, 1.54) is 0 Å². The molecular formula is C12H25N3S. The molecule has 1 atom stereocenters. The van der Waals surface area contributed by atoms with Crippen molar-refractivity contribution in [1.29, 1.82) is 0 Å². The Morgan fingerprint density at radius 3 is 2.62 bits per heavy atom. The number of nitrogens with zero attached hydrogens (tertiary/aromatic N) is 2. The standard InChI is InChI=1S/C12H25N3S/c1-5-15(6-2)8-7-13-12-14-9-11(16-12)10(3)4/h10-11H,5-9H2,1-4H3,(H,13,14). The second-order valence-electron chi connectivity index (χ2n) is 4.50. The molecule has 0 saturated heterocycles. The SMILES string of the molecule is CCN(CC)CCNC1=NCC(C(C)C)S1. The van der Waals surface area contributed by atoms with Crippen LogP contribution in [0.25, 0.3) is 0 Å². The van der Waals surface area contributed by atoms with Crippen molar-refractivity contribution in [2.45, 2.75) is 32.9 Å². The molecule has 1 rings (SSSR count). The monoisotopic (exact) mass is 243 g/mol. The number of hydrogen-bond donors (Lipinski definition) is 1. The molecule has 0 aromatic heterocycles. The largest absolute Gasteiger partial charge is 0.364 e. The molecule has 0 aromatic carbocycles. The van der Waals surface area contributed by atoms with Crippen LogP contribution in [0.2, 0.25) is 0 Å². The Morgan fingerprint density at radius 2 is 2.12 bits per heavy atom. The van der Waals surface area contributed by atoms with Gasteiger partial charge in [0.2, 0.25) is 0 Å². The molecule has 0 aliphatic carbocycles. The van der Waals surface area contributed by atoms with Gasteiger partial charge in [0, 0.05) is 18.3 Å². The minimum absolute atomic E-state index is 0.677. The molecule has 1 aliphatic rings. The third kappa shape index (κ3) is 4.34. The van der Waals surface area contributed by atoms with Crippen molar-refractivity contribution in [3.63, 3.8) is 0 Å². The van der Waals surface area contributed by atoms with Crippen molar-refractivity contribution in [2.75, 3.05) is 32.7 Å². The fourth-order valence-electron chi connectivity index (χ4n) is 1.70. The highest BCUT2D eigenvalue weighted by molar-refractivity contribution is 8.14. The molecule has 1 unspecified atom stereocenters. The number of hydrogen-bond acceptors (Lipinski definition) is 4. The lowest BCUT2D eigenvalue weighted by Gasteiger charge is -2.18. The molecule has 4 heteroatoms. The summed E-state index contributed by atoms with van der Waals surface area (Å²) in [5, 5.41) is 5.26. The first-order valence-electron chi connectivity index (χ1n) is 6.34. The van der Waals surface area contributed by atoms with Gasteiger partial charge in [0.1, 0.15) is 0 Å². The van der Waals surface area contributed by atoms with Crippen LogP contribution in [0.4, 0.5) is 0 Å². The zero-order valence-corrected chi connectivity index (χ0v) is 11.8. The molecule has 0 amide bonds. The first-order chi connectivity index (χ1) is 7.67. The molecule has 0 bridgehead atoms. The van der Waals surface area contributed by atoms with Crippen molar-refractivity contribution in [2.24, 2.45) is 10.9 Å². The zero-order chi connectivity index (χ0) is 12.0. The first-order valence-corrected chi connectivity index (χ1v) is 7.22. The van der Waals surface area contributed by atoms with Crippen molar-refractivity contribution >= 4 is 16.9 Å². The van der Waals surface area contributed by atoms with E-state index in [9.17, 15) is 0 Å². The highest BCUT2D eigenvalue weighted by Crippen LogP contribution is 2.25. The lowest BCUT2D eigenvalue weighted by molar-refractivity contribution is 0.309. The number of likely N-dealkylation sites (N-methyl/N-ethyl adjacent to an activating group) is 1. The van der Waals surface area contributed by atoms with Crippen LogP contribution in [0.1, 0.15) is 27.7 Å². The van der Waals surface area contributed by atoms with Gasteiger partial charge in [-0.2, -0.15) is 0 Å². The maximum absolute atomic E-state index is 4.54. The Balaban J connectivity index is 2.15. The quantitative estimate of drug-likeness (QED) is 0.774. The van der Waals surface area contributed by atoms with Crippen molar-refractivity contribution in [3.8, 4) is 0 Å². The van der Waals surface area contributed by atoms with E-state index in [0.29, 0.717) is 5.25 Å². The van der Waals surface area contributed by atoms with Gasteiger partial charge >= 0.3 is 0 Å². The third-order valence-electron chi connectivity index (χ3n) is 3.02. The van der Waals surface area contributed by atoms with Crippen LogP contribution in [0.3, 0.4) is 0 Å². The molecule has 94 valence electrons. The van der Waals surface area contributed by atoms with Gasteiger partial charge in [-0.05, 0) is 19.0 Å². The number of amidine groups is 1. The summed E-state index contributed by atoms with van der Waals surface area (Å²) in [6.45, 7) is 14.3. The lowest BCUT2D eigenvalue weighted by atomic mass is 10.1. The van der Waals surface area contributed by atoms with E-state index in [1.54, 1.807) is 0 Å². The summed E-state index contributed by atoms with van der Waals surface area (Å²) in [4.78, 5) is 6.96. The molecule has 1 heterocycles. The maximum atomic E-state index is 4.54. The molecule has 0 aromatic rings. The zero-order valence-electron chi connectivity index (χ0n) is 11.0. The summed E-state index contributed by atoms with van der Waals surface area (Å²) in [5.74, 6) is 0.718. The Hall–Kier alpha value is -0.220. The topological polar surface area (TPSA) is 27.6 Å². The number of thioether (sulfide) groups is 1. The average molecular weight is 243 g/mol. The minimum Gasteiger partial charge on any atom is -0.364 e. The highest BCUT2D eigenvalue weighted by atomic mass is 32.2. The van der Waals surface area contributed by atoms with Crippen LogP contribution >= 0.6 is 11.8 Å². The van der Waals surface area contributed by atoms with E-state index in [-0.39, 0.29) is 0 Å². The molecule has 3 nitrogen and oxygen atoms in total. The molecule has 0 saturated carbocycles. The number of nitrogens with one attached hydrogen (secondary N) is 1. The molecule has 0 fully saturated rings. The molecule has 16 heavy (non-hydrogen) atoms. The van der Waals surface area contributed by atoms with Gasteiger partial charge in [0.15, 0.2) is 5.17 Å². The van der Waals surface area contributed by atoms with Gasteiger partial charge in [-0.25, -0.2) is 0 Å². The molecule has 1 aliphatic heterocycles. The van der Waals surface area contributed by atoms with E-state index in [4.69, 9.17) is 0 Å². The third-order valence-corrected chi connectivity index (χ3v) is 4.51. The Kier molecular flexibility index (Phi) is 6.21. The van der Waals surface area contributed by atoms with E-state index in [0.717, 1.165) is 43.8 Å². The van der Waals surface area contributed by atoms with Gasteiger partial charge in [0.25, 0.3) is 0 Å². The smallest absolute Gasteiger partial charge is 0.156 e.